The molecule has 6 nitrogen and oxygen atoms in total. The Hall–Kier alpha value is -0.790. The standard InChI is InChI=1S/C17H29N5OS.ClH/c1-3-24-15-6-4-5-11-21(12-15)17(23)16-13(2)22(20-19-16)14-7-9-18-10-8-14;/h14-15,18H,3-12H2,1-2H3;1H. The number of hydrogen-bond acceptors (Lipinski definition) is 5. The van der Waals surface area contributed by atoms with Gasteiger partial charge in [0, 0.05) is 18.3 Å². The molecule has 1 aromatic heterocycles. The monoisotopic (exact) mass is 387 g/mol. The molecule has 0 spiro atoms. The van der Waals surface area contributed by atoms with E-state index >= 15 is 0 Å². The third-order valence-electron chi connectivity index (χ3n) is 5.10. The van der Waals surface area contributed by atoms with E-state index in [0.29, 0.717) is 17.0 Å². The molecule has 1 N–H and O–H groups in total. The van der Waals surface area contributed by atoms with E-state index < -0.39 is 0 Å². The van der Waals surface area contributed by atoms with E-state index in [9.17, 15) is 4.79 Å². The summed E-state index contributed by atoms with van der Waals surface area (Å²) in [7, 11) is 0. The fourth-order valence-corrected chi connectivity index (χ4v) is 4.84. The normalized spacial score (nSPS) is 22.3. The Morgan fingerprint density at radius 1 is 1.28 bits per heavy atom. The van der Waals surface area contributed by atoms with Crippen LogP contribution in [0.2, 0.25) is 0 Å². The molecule has 1 amide bonds. The van der Waals surface area contributed by atoms with Gasteiger partial charge in [0.1, 0.15) is 0 Å². The zero-order chi connectivity index (χ0) is 16.9. The fraction of sp³-hybridized carbons (Fsp3) is 0.824. The number of thioether (sulfide) groups is 1. The van der Waals surface area contributed by atoms with E-state index in [1.165, 1.54) is 12.8 Å². The average molecular weight is 388 g/mol. The average Bonchev–Trinajstić information content (AvgIpc) is 2.83. The van der Waals surface area contributed by atoms with Gasteiger partial charge in [0.15, 0.2) is 5.69 Å². The van der Waals surface area contributed by atoms with Crippen molar-refractivity contribution < 1.29 is 4.79 Å². The summed E-state index contributed by atoms with van der Waals surface area (Å²) in [6.07, 6.45) is 5.62. The van der Waals surface area contributed by atoms with Gasteiger partial charge in [-0.1, -0.05) is 18.6 Å². The van der Waals surface area contributed by atoms with Gasteiger partial charge in [0.05, 0.1) is 11.7 Å². The van der Waals surface area contributed by atoms with Gasteiger partial charge in [0.25, 0.3) is 5.91 Å². The highest BCUT2D eigenvalue weighted by Crippen LogP contribution is 2.24. The van der Waals surface area contributed by atoms with E-state index in [2.05, 4.69) is 22.6 Å². The first-order chi connectivity index (χ1) is 11.7. The summed E-state index contributed by atoms with van der Waals surface area (Å²) in [6.45, 7) is 7.89. The van der Waals surface area contributed by atoms with Crippen LogP contribution in [-0.4, -0.2) is 63.0 Å². The first-order valence-electron chi connectivity index (χ1n) is 9.24. The lowest BCUT2D eigenvalue weighted by atomic mass is 10.1. The van der Waals surface area contributed by atoms with Gasteiger partial charge in [-0.25, -0.2) is 4.68 Å². The molecule has 0 radical (unpaired) electrons. The summed E-state index contributed by atoms with van der Waals surface area (Å²) >= 11 is 1.97. The van der Waals surface area contributed by atoms with Crippen molar-refractivity contribution in [3.05, 3.63) is 11.4 Å². The number of nitrogens with zero attached hydrogens (tertiary/aromatic N) is 4. The summed E-state index contributed by atoms with van der Waals surface area (Å²) in [4.78, 5) is 15.0. The van der Waals surface area contributed by atoms with E-state index in [0.717, 1.165) is 56.9 Å². The minimum Gasteiger partial charge on any atom is -0.336 e. The Bertz CT molecular complexity index is 561. The maximum absolute atomic E-state index is 13.0. The quantitative estimate of drug-likeness (QED) is 0.860. The number of likely N-dealkylation sites (tertiary alicyclic amines) is 1. The van der Waals surface area contributed by atoms with Crippen molar-refractivity contribution in [2.45, 2.75) is 57.2 Å². The Kier molecular flexibility index (Phi) is 8.03. The van der Waals surface area contributed by atoms with E-state index in [1.807, 2.05) is 28.3 Å². The van der Waals surface area contributed by atoms with Gasteiger partial charge in [0.2, 0.25) is 0 Å². The largest absolute Gasteiger partial charge is 0.336 e. The number of nitrogens with one attached hydrogen (secondary N) is 1. The molecule has 2 aliphatic heterocycles. The van der Waals surface area contributed by atoms with Crippen molar-refractivity contribution in [2.24, 2.45) is 0 Å². The highest BCUT2D eigenvalue weighted by molar-refractivity contribution is 7.99. The lowest BCUT2D eigenvalue weighted by Crippen LogP contribution is -2.36. The van der Waals surface area contributed by atoms with Crippen molar-refractivity contribution in [3.63, 3.8) is 0 Å². The van der Waals surface area contributed by atoms with Gasteiger partial charge in [-0.2, -0.15) is 11.8 Å². The zero-order valence-electron chi connectivity index (χ0n) is 15.2. The SMILES string of the molecule is CCSC1CCCCN(C(=O)c2nnn(C3CCNCC3)c2C)C1.Cl. The first kappa shape index (κ1) is 20.5. The van der Waals surface area contributed by atoms with Crippen LogP contribution in [0, 0.1) is 6.92 Å². The molecule has 0 bridgehead atoms. The topological polar surface area (TPSA) is 63.1 Å². The molecule has 8 heteroatoms. The number of hydrogen-bond donors (Lipinski definition) is 1. The van der Waals surface area contributed by atoms with Crippen LogP contribution in [0.15, 0.2) is 0 Å². The second-order valence-electron chi connectivity index (χ2n) is 6.77. The molecule has 1 aromatic rings. The number of piperidine rings is 1. The van der Waals surface area contributed by atoms with E-state index in [1.54, 1.807) is 0 Å². The van der Waals surface area contributed by atoms with Gasteiger partial charge in [-0.05, 0) is 51.4 Å². The van der Waals surface area contributed by atoms with Crippen molar-refractivity contribution in [1.82, 2.24) is 25.2 Å². The first-order valence-corrected chi connectivity index (χ1v) is 10.3. The molecule has 2 fully saturated rings. The third-order valence-corrected chi connectivity index (χ3v) is 6.29. The predicted molar refractivity (Wildman–Crippen MR) is 105 cm³/mol. The van der Waals surface area contributed by atoms with Crippen molar-refractivity contribution in [2.75, 3.05) is 31.9 Å². The maximum atomic E-state index is 13.0. The van der Waals surface area contributed by atoms with Crippen LogP contribution in [0.25, 0.3) is 0 Å². The summed E-state index contributed by atoms with van der Waals surface area (Å²) in [5.41, 5.74) is 1.48. The van der Waals surface area contributed by atoms with Crippen LogP contribution in [0.1, 0.15) is 61.3 Å². The van der Waals surface area contributed by atoms with Crippen LogP contribution < -0.4 is 5.32 Å². The second-order valence-corrected chi connectivity index (χ2v) is 8.35. The lowest BCUT2D eigenvalue weighted by Gasteiger charge is -2.25. The zero-order valence-corrected chi connectivity index (χ0v) is 16.9. The Labute approximate surface area is 160 Å². The smallest absolute Gasteiger partial charge is 0.276 e. The van der Waals surface area contributed by atoms with Gasteiger partial charge in [-0.3, -0.25) is 4.79 Å². The molecule has 0 aliphatic carbocycles. The summed E-state index contributed by atoms with van der Waals surface area (Å²) < 4.78 is 1.98. The van der Waals surface area contributed by atoms with Crippen LogP contribution in [-0.2, 0) is 0 Å². The molecule has 1 atom stereocenters. The van der Waals surface area contributed by atoms with Crippen molar-refractivity contribution >= 4 is 30.1 Å². The number of amides is 1. The highest BCUT2D eigenvalue weighted by Gasteiger charge is 2.28. The van der Waals surface area contributed by atoms with Gasteiger partial charge < -0.3 is 10.2 Å². The number of halogens is 1. The Morgan fingerprint density at radius 3 is 2.76 bits per heavy atom. The fourth-order valence-electron chi connectivity index (χ4n) is 3.75. The van der Waals surface area contributed by atoms with Crippen LogP contribution in [0.4, 0.5) is 0 Å². The predicted octanol–water partition coefficient (Wildman–Crippen LogP) is 2.68. The van der Waals surface area contributed by atoms with Gasteiger partial charge >= 0.3 is 0 Å². The van der Waals surface area contributed by atoms with Gasteiger partial charge in [-0.15, -0.1) is 17.5 Å². The molecule has 25 heavy (non-hydrogen) atoms. The maximum Gasteiger partial charge on any atom is 0.276 e. The number of carbonyl (C=O) groups is 1. The molecular weight excluding hydrogens is 358 g/mol. The number of aromatic nitrogens is 3. The molecule has 3 heterocycles. The Morgan fingerprint density at radius 2 is 2.04 bits per heavy atom. The molecule has 0 saturated carbocycles. The minimum absolute atomic E-state index is 0. The minimum atomic E-state index is 0. The molecule has 0 aromatic carbocycles. The molecule has 1 unspecified atom stereocenters. The van der Waals surface area contributed by atoms with E-state index in [4.69, 9.17) is 0 Å². The lowest BCUT2D eigenvalue weighted by molar-refractivity contribution is 0.0756. The van der Waals surface area contributed by atoms with Crippen LogP contribution >= 0.6 is 24.2 Å². The summed E-state index contributed by atoms with van der Waals surface area (Å²) in [5.74, 6) is 1.17. The molecule has 142 valence electrons. The summed E-state index contributed by atoms with van der Waals surface area (Å²) in [6, 6.07) is 0.368. The van der Waals surface area contributed by atoms with Crippen molar-refractivity contribution in [3.8, 4) is 0 Å². The third kappa shape index (κ3) is 4.89. The molecular formula is C17H30ClN5OS. The summed E-state index contributed by atoms with van der Waals surface area (Å²) in [5, 5.41) is 12.5. The van der Waals surface area contributed by atoms with Crippen molar-refractivity contribution in [1.29, 1.82) is 0 Å². The highest BCUT2D eigenvalue weighted by atomic mass is 35.5. The molecule has 3 rings (SSSR count). The molecule has 2 saturated heterocycles. The van der Waals surface area contributed by atoms with E-state index in [-0.39, 0.29) is 18.3 Å². The van der Waals surface area contributed by atoms with Crippen LogP contribution in [0.3, 0.4) is 0 Å². The Balaban J connectivity index is 0.00000225. The number of rotatable bonds is 4. The van der Waals surface area contributed by atoms with Crippen LogP contribution in [0.5, 0.6) is 0 Å². The number of carbonyl (C=O) groups excluding carboxylic acids is 1. The molecule has 2 aliphatic rings. The second kappa shape index (κ2) is 9.78.